The van der Waals surface area contributed by atoms with Gasteiger partial charge in [0, 0.05) is 16.8 Å². The van der Waals surface area contributed by atoms with E-state index in [1.165, 1.54) is 6.07 Å². The zero-order valence-electron chi connectivity index (χ0n) is 11.5. The van der Waals surface area contributed by atoms with E-state index in [9.17, 15) is 25.5 Å². The molecule has 1 heterocycles. The van der Waals surface area contributed by atoms with Crippen LogP contribution in [0, 0.1) is 0 Å². The summed E-state index contributed by atoms with van der Waals surface area (Å²) < 4.78 is 10.5. The smallest absolute Gasteiger partial charge is 0.229 e. The molecule has 0 amide bonds. The van der Waals surface area contributed by atoms with Gasteiger partial charge in [0.25, 0.3) is 0 Å². The van der Waals surface area contributed by atoms with Crippen LogP contribution in [-0.2, 0) is 4.74 Å². The fraction of sp³-hybridized carbons (Fsp3) is 0.333. The predicted molar refractivity (Wildman–Crippen MR) is 75.7 cm³/mol. The second-order valence-electron chi connectivity index (χ2n) is 5.16. The Bertz CT molecular complexity index is 687. The van der Waals surface area contributed by atoms with Crippen LogP contribution in [0.3, 0.4) is 0 Å². The monoisotopic (exact) mass is 308 g/mol. The number of aliphatic hydroxyl groups is 3. The van der Waals surface area contributed by atoms with Gasteiger partial charge < -0.3 is 35.0 Å². The number of ether oxygens (including phenoxy) is 2. The highest BCUT2D eigenvalue weighted by atomic mass is 16.7. The third kappa shape index (κ3) is 2.44. The Morgan fingerprint density at radius 3 is 2.41 bits per heavy atom. The van der Waals surface area contributed by atoms with Gasteiger partial charge in [-0.15, -0.1) is 0 Å². The Balaban J connectivity index is 1.93. The second kappa shape index (κ2) is 5.62. The largest absolute Gasteiger partial charge is 0.507 e. The molecule has 3 rings (SSSR count). The number of phenolic OH excluding ortho intramolecular Hbond substituents is 2. The molecule has 0 unspecified atom stereocenters. The molecule has 5 N–H and O–H groups in total. The minimum absolute atomic E-state index is 0.0937. The van der Waals surface area contributed by atoms with E-state index < -0.39 is 24.6 Å². The Kier molecular flexibility index (Phi) is 3.79. The number of phenols is 2. The molecular formula is C15H16O7. The first-order chi connectivity index (χ1) is 10.5. The highest BCUT2D eigenvalue weighted by Crippen LogP contribution is 2.41. The predicted octanol–water partition coefficient (Wildman–Crippen LogP) is 0.0688. The third-order valence-corrected chi connectivity index (χ3v) is 3.66. The van der Waals surface area contributed by atoms with Crippen molar-refractivity contribution < 1.29 is 35.0 Å². The van der Waals surface area contributed by atoms with E-state index in [2.05, 4.69) is 0 Å². The lowest BCUT2D eigenvalue weighted by atomic mass is 10.1. The molecule has 2 aromatic carbocycles. The van der Waals surface area contributed by atoms with Gasteiger partial charge in [0.2, 0.25) is 6.29 Å². The van der Waals surface area contributed by atoms with Crippen molar-refractivity contribution in [3.63, 3.8) is 0 Å². The van der Waals surface area contributed by atoms with E-state index in [1.54, 1.807) is 24.3 Å². The summed E-state index contributed by atoms with van der Waals surface area (Å²) in [6, 6.07) is 7.85. The van der Waals surface area contributed by atoms with Crippen LogP contribution >= 0.6 is 0 Å². The van der Waals surface area contributed by atoms with Gasteiger partial charge in [-0.2, -0.15) is 0 Å². The molecule has 1 fully saturated rings. The topological polar surface area (TPSA) is 120 Å². The van der Waals surface area contributed by atoms with E-state index >= 15 is 0 Å². The highest BCUT2D eigenvalue weighted by Gasteiger charge is 2.39. The van der Waals surface area contributed by atoms with Crippen molar-refractivity contribution in [1.82, 2.24) is 0 Å². The van der Waals surface area contributed by atoms with E-state index in [-0.39, 0.29) is 23.9 Å². The molecule has 0 bridgehead atoms. The molecule has 118 valence electrons. The number of aromatic hydroxyl groups is 2. The van der Waals surface area contributed by atoms with E-state index in [0.717, 1.165) is 0 Å². The average molecular weight is 308 g/mol. The maximum atomic E-state index is 10.2. The molecule has 1 aliphatic heterocycles. The van der Waals surface area contributed by atoms with Crippen LogP contribution in [-0.4, -0.2) is 56.7 Å². The van der Waals surface area contributed by atoms with Crippen LogP contribution in [0.1, 0.15) is 0 Å². The van der Waals surface area contributed by atoms with Crippen molar-refractivity contribution in [3.8, 4) is 17.2 Å². The molecule has 1 saturated heterocycles. The summed E-state index contributed by atoms with van der Waals surface area (Å²) >= 11 is 0. The van der Waals surface area contributed by atoms with Crippen LogP contribution in [0.25, 0.3) is 10.8 Å². The number of rotatable bonds is 2. The lowest BCUT2D eigenvalue weighted by Crippen LogP contribution is -2.54. The highest BCUT2D eigenvalue weighted by molar-refractivity contribution is 5.95. The fourth-order valence-electron chi connectivity index (χ4n) is 2.41. The van der Waals surface area contributed by atoms with Gasteiger partial charge in [0.05, 0.1) is 6.61 Å². The SMILES string of the molecule is Oc1cc(O[C@@H]2OC[C@@H](O)[C@H](O)[C@H]2O)c(O)c2ccccc12. The van der Waals surface area contributed by atoms with Crippen molar-refractivity contribution in [2.75, 3.05) is 6.61 Å². The molecule has 7 heteroatoms. The Hall–Kier alpha value is -2.06. The van der Waals surface area contributed by atoms with Crippen molar-refractivity contribution in [1.29, 1.82) is 0 Å². The van der Waals surface area contributed by atoms with E-state index in [1.807, 2.05) is 0 Å². The molecule has 1 aliphatic rings. The average Bonchev–Trinajstić information content (AvgIpc) is 2.53. The molecular weight excluding hydrogens is 292 g/mol. The molecule has 0 aromatic heterocycles. The number of benzene rings is 2. The summed E-state index contributed by atoms with van der Waals surface area (Å²) in [6.07, 6.45) is -5.40. The van der Waals surface area contributed by atoms with Crippen molar-refractivity contribution in [2.45, 2.75) is 24.6 Å². The number of fused-ring (bicyclic) bond motifs is 1. The van der Waals surface area contributed by atoms with Gasteiger partial charge in [-0.3, -0.25) is 0 Å². The van der Waals surface area contributed by atoms with E-state index in [4.69, 9.17) is 9.47 Å². The third-order valence-electron chi connectivity index (χ3n) is 3.66. The van der Waals surface area contributed by atoms with Crippen LogP contribution < -0.4 is 4.74 Å². The van der Waals surface area contributed by atoms with Gasteiger partial charge in [0.1, 0.15) is 24.1 Å². The Morgan fingerprint density at radius 1 is 1.00 bits per heavy atom. The Labute approximate surface area is 125 Å². The second-order valence-corrected chi connectivity index (χ2v) is 5.16. The minimum Gasteiger partial charge on any atom is -0.507 e. The first-order valence-electron chi connectivity index (χ1n) is 6.75. The summed E-state index contributed by atoms with van der Waals surface area (Å²) in [6.45, 7) is -0.219. The fourth-order valence-corrected chi connectivity index (χ4v) is 2.41. The van der Waals surface area contributed by atoms with E-state index in [0.29, 0.717) is 10.8 Å². The quantitative estimate of drug-likeness (QED) is 0.498. The van der Waals surface area contributed by atoms with Gasteiger partial charge >= 0.3 is 0 Å². The normalized spacial score (nSPS) is 28.7. The van der Waals surface area contributed by atoms with Crippen LogP contribution in [0.2, 0.25) is 0 Å². The number of hydrogen-bond donors (Lipinski definition) is 5. The van der Waals surface area contributed by atoms with Crippen molar-refractivity contribution >= 4 is 10.8 Å². The first kappa shape index (κ1) is 14.9. The summed E-state index contributed by atoms with van der Waals surface area (Å²) in [5, 5.41) is 49.9. The molecule has 2 aromatic rings. The summed E-state index contributed by atoms with van der Waals surface area (Å²) in [5.41, 5.74) is 0. The van der Waals surface area contributed by atoms with Gasteiger partial charge in [-0.1, -0.05) is 24.3 Å². The molecule has 0 radical (unpaired) electrons. The standard InChI is InChI=1S/C15H16O7/c16-9-5-11(12(18)8-4-2-1-3-7(8)9)22-15-14(20)13(19)10(17)6-21-15/h1-5,10,13-20H,6H2/t10-,13+,14-,15+/m1/s1. The van der Waals surface area contributed by atoms with Gasteiger partial charge in [0.15, 0.2) is 11.5 Å². The Morgan fingerprint density at radius 2 is 1.68 bits per heavy atom. The maximum absolute atomic E-state index is 10.2. The van der Waals surface area contributed by atoms with Crippen molar-refractivity contribution in [2.24, 2.45) is 0 Å². The molecule has 0 spiro atoms. The summed E-state index contributed by atoms with van der Waals surface area (Å²) in [5.74, 6) is -0.414. The van der Waals surface area contributed by atoms with Gasteiger partial charge in [-0.25, -0.2) is 0 Å². The van der Waals surface area contributed by atoms with Crippen LogP contribution in [0.15, 0.2) is 30.3 Å². The lowest BCUT2D eigenvalue weighted by Gasteiger charge is -2.35. The maximum Gasteiger partial charge on any atom is 0.229 e. The minimum atomic E-state index is -1.49. The zero-order chi connectivity index (χ0) is 15.9. The molecule has 4 atom stereocenters. The molecule has 22 heavy (non-hydrogen) atoms. The molecule has 0 saturated carbocycles. The van der Waals surface area contributed by atoms with Crippen LogP contribution in [0.5, 0.6) is 17.2 Å². The molecule has 0 aliphatic carbocycles. The van der Waals surface area contributed by atoms with Crippen LogP contribution in [0.4, 0.5) is 0 Å². The summed E-state index contributed by atoms with van der Waals surface area (Å²) in [7, 11) is 0. The first-order valence-corrected chi connectivity index (χ1v) is 6.75. The van der Waals surface area contributed by atoms with Gasteiger partial charge in [-0.05, 0) is 0 Å². The number of aliphatic hydroxyl groups excluding tert-OH is 3. The zero-order valence-corrected chi connectivity index (χ0v) is 11.5. The van der Waals surface area contributed by atoms with Crippen molar-refractivity contribution in [3.05, 3.63) is 30.3 Å². The molecule has 7 nitrogen and oxygen atoms in total. The summed E-state index contributed by atoms with van der Waals surface area (Å²) in [4.78, 5) is 0. The number of hydrogen-bond acceptors (Lipinski definition) is 7. The lowest BCUT2D eigenvalue weighted by molar-refractivity contribution is -0.242.